The lowest BCUT2D eigenvalue weighted by Crippen LogP contribution is -2.30. The molecule has 0 spiro atoms. The SMILES string of the molecule is CCCCCC/C=C\C=C/CCCCCCCC(=O)O[C@H](COC(=O)CCCCCCCCCCCCCC(C)C)COP(=O)(O)OCC(O)COP(=O)(O)OC[C@@H](COC(=O)CCCCCCCCCCC(C)C)OC(=O)CCCCCCCCCCCCCC(C)C. The Morgan fingerprint density at radius 2 is 0.574 bits per heavy atom. The normalized spacial score (nSPS) is 14.3. The van der Waals surface area contributed by atoms with Crippen LogP contribution >= 0.6 is 15.6 Å². The molecule has 0 rings (SSSR count). The van der Waals surface area contributed by atoms with E-state index >= 15 is 0 Å². The van der Waals surface area contributed by atoms with E-state index in [-0.39, 0.29) is 25.7 Å². The summed E-state index contributed by atoms with van der Waals surface area (Å²) in [6, 6.07) is 0. The van der Waals surface area contributed by atoms with Crippen molar-refractivity contribution in [3.63, 3.8) is 0 Å². The van der Waals surface area contributed by atoms with Gasteiger partial charge in [-0.15, -0.1) is 0 Å². The van der Waals surface area contributed by atoms with Gasteiger partial charge in [0, 0.05) is 25.7 Å². The van der Waals surface area contributed by atoms with Crippen LogP contribution in [0.5, 0.6) is 0 Å². The van der Waals surface area contributed by atoms with Crippen LogP contribution in [0.25, 0.3) is 0 Å². The first-order valence-corrected chi connectivity index (χ1v) is 41.2. The summed E-state index contributed by atoms with van der Waals surface area (Å²) in [5.41, 5.74) is 0. The topological polar surface area (TPSA) is 237 Å². The highest BCUT2D eigenvalue weighted by Crippen LogP contribution is 2.45. The Morgan fingerprint density at radius 1 is 0.330 bits per heavy atom. The van der Waals surface area contributed by atoms with Crippen molar-refractivity contribution in [2.75, 3.05) is 39.6 Å². The first-order valence-electron chi connectivity index (χ1n) is 38.2. The molecule has 0 heterocycles. The minimum absolute atomic E-state index is 0.0846. The number of aliphatic hydroxyl groups excluding tert-OH is 1. The number of unbranched alkanes of at least 4 members (excludes halogenated alkanes) is 36. The van der Waals surface area contributed by atoms with Crippen LogP contribution in [-0.4, -0.2) is 96.7 Å². The van der Waals surface area contributed by atoms with Gasteiger partial charge in [0.05, 0.1) is 26.4 Å². The van der Waals surface area contributed by atoms with Gasteiger partial charge in [-0.2, -0.15) is 0 Å². The first kappa shape index (κ1) is 91.5. The van der Waals surface area contributed by atoms with Gasteiger partial charge in [0.2, 0.25) is 0 Å². The van der Waals surface area contributed by atoms with Crippen LogP contribution in [0, 0.1) is 17.8 Å². The highest BCUT2D eigenvalue weighted by atomic mass is 31.2. The van der Waals surface area contributed by atoms with Gasteiger partial charge >= 0.3 is 39.5 Å². The molecule has 0 aromatic carbocycles. The van der Waals surface area contributed by atoms with Crippen molar-refractivity contribution in [3.05, 3.63) is 24.3 Å². The minimum Gasteiger partial charge on any atom is -0.462 e. The second-order valence-corrected chi connectivity index (χ2v) is 30.7. The summed E-state index contributed by atoms with van der Waals surface area (Å²) in [6.45, 7) is 11.8. The van der Waals surface area contributed by atoms with Crippen LogP contribution in [0.2, 0.25) is 0 Å². The van der Waals surface area contributed by atoms with Crippen LogP contribution in [0.15, 0.2) is 24.3 Å². The lowest BCUT2D eigenvalue weighted by atomic mass is 10.0. The molecule has 0 saturated carbocycles. The van der Waals surface area contributed by atoms with E-state index in [1.54, 1.807) is 0 Å². The fourth-order valence-electron chi connectivity index (χ4n) is 10.9. The molecule has 0 aliphatic rings. The van der Waals surface area contributed by atoms with Crippen molar-refractivity contribution in [2.45, 2.75) is 375 Å². The van der Waals surface area contributed by atoms with Crippen molar-refractivity contribution in [3.8, 4) is 0 Å². The molecule has 554 valence electrons. The lowest BCUT2D eigenvalue weighted by molar-refractivity contribution is -0.161. The van der Waals surface area contributed by atoms with Crippen molar-refractivity contribution in [1.29, 1.82) is 0 Å². The van der Waals surface area contributed by atoms with Gasteiger partial charge < -0.3 is 33.8 Å². The van der Waals surface area contributed by atoms with E-state index < -0.39 is 97.5 Å². The molecule has 17 nitrogen and oxygen atoms in total. The number of rotatable bonds is 71. The van der Waals surface area contributed by atoms with Gasteiger partial charge in [-0.25, -0.2) is 9.13 Å². The van der Waals surface area contributed by atoms with E-state index in [9.17, 15) is 43.2 Å². The average molecular weight is 1380 g/mol. The number of phosphoric acid groups is 2. The van der Waals surface area contributed by atoms with Crippen molar-refractivity contribution >= 4 is 39.5 Å². The predicted molar refractivity (Wildman–Crippen MR) is 381 cm³/mol. The van der Waals surface area contributed by atoms with Crippen LogP contribution in [0.1, 0.15) is 357 Å². The fourth-order valence-corrected chi connectivity index (χ4v) is 12.5. The third kappa shape index (κ3) is 68.1. The molecule has 0 radical (unpaired) electrons. The Morgan fingerprint density at radius 3 is 0.862 bits per heavy atom. The molecule has 0 fully saturated rings. The molecule has 19 heteroatoms. The maximum atomic E-state index is 13.1. The fraction of sp³-hybridized carbons (Fsp3) is 0.893. The van der Waals surface area contributed by atoms with Gasteiger partial charge in [0.1, 0.15) is 19.3 Å². The van der Waals surface area contributed by atoms with Crippen molar-refractivity contribution < 1.29 is 80.2 Å². The molecule has 0 bridgehead atoms. The number of allylic oxidation sites excluding steroid dienone is 4. The Kier molecular flexibility index (Phi) is 63.5. The van der Waals surface area contributed by atoms with E-state index in [2.05, 4.69) is 72.8 Å². The average Bonchev–Trinajstić information content (AvgIpc) is 1.19. The van der Waals surface area contributed by atoms with E-state index in [0.29, 0.717) is 25.7 Å². The zero-order valence-corrected chi connectivity index (χ0v) is 62.7. The zero-order valence-electron chi connectivity index (χ0n) is 60.9. The van der Waals surface area contributed by atoms with Crippen LogP contribution < -0.4 is 0 Å². The Labute approximate surface area is 573 Å². The molecule has 3 unspecified atom stereocenters. The number of carbonyl (C=O) groups is 4. The maximum absolute atomic E-state index is 13.1. The monoisotopic (exact) mass is 1380 g/mol. The lowest BCUT2D eigenvalue weighted by Gasteiger charge is -2.21. The molecular weight excluding hydrogens is 1230 g/mol. The molecule has 94 heavy (non-hydrogen) atoms. The molecule has 3 N–H and O–H groups in total. The van der Waals surface area contributed by atoms with Gasteiger partial charge in [0.25, 0.3) is 0 Å². The largest absolute Gasteiger partial charge is 0.472 e. The van der Waals surface area contributed by atoms with Crippen molar-refractivity contribution in [2.24, 2.45) is 17.8 Å². The molecular formula is C75H142O17P2. The quantitative estimate of drug-likeness (QED) is 0.0169. The number of hydrogen-bond acceptors (Lipinski definition) is 15. The summed E-state index contributed by atoms with van der Waals surface area (Å²) in [5.74, 6) is 0.107. The molecule has 0 aliphatic carbocycles. The maximum Gasteiger partial charge on any atom is 0.472 e. The van der Waals surface area contributed by atoms with E-state index in [1.807, 2.05) is 0 Å². The molecule has 0 saturated heterocycles. The third-order valence-electron chi connectivity index (χ3n) is 16.8. The third-order valence-corrected chi connectivity index (χ3v) is 18.7. The Bertz CT molecular complexity index is 1930. The summed E-state index contributed by atoms with van der Waals surface area (Å²) in [5, 5.41) is 10.6. The number of phosphoric ester groups is 2. The van der Waals surface area contributed by atoms with E-state index in [1.165, 1.54) is 154 Å². The first-order chi connectivity index (χ1) is 45.2. The summed E-state index contributed by atoms with van der Waals surface area (Å²) in [7, 11) is -9.92. The number of hydrogen-bond donors (Lipinski definition) is 3. The predicted octanol–water partition coefficient (Wildman–Crippen LogP) is 21.3. The summed E-state index contributed by atoms with van der Waals surface area (Å²) < 4.78 is 68.4. The molecule has 5 atom stereocenters. The van der Waals surface area contributed by atoms with Gasteiger partial charge in [-0.05, 0) is 69.1 Å². The van der Waals surface area contributed by atoms with Crippen LogP contribution in [-0.2, 0) is 65.4 Å². The van der Waals surface area contributed by atoms with Crippen molar-refractivity contribution in [1.82, 2.24) is 0 Å². The van der Waals surface area contributed by atoms with Gasteiger partial charge in [0.15, 0.2) is 12.2 Å². The van der Waals surface area contributed by atoms with Gasteiger partial charge in [-0.1, -0.05) is 304 Å². The van der Waals surface area contributed by atoms with Crippen LogP contribution in [0.3, 0.4) is 0 Å². The smallest absolute Gasteiger partial charge is 0.462 e. The van der Waals surface area contributed by atoms with Crippen LogP contribution in [0.4, 0.5) is 0 Å². The zero-order chi connectivity index (χ0) is 69.4. The number of carbonyl (C=O) groups excluding carboxylic acids is 4. The highest BCUT2D eigenvalue weighted by molar-refractivity contribution is 7.47. The molecule has 0 amide bonds. The molecule has 0 aliphatic heterocycles. The molecule has 0 aromatic heterocycles. The second kappa shape index (κ2) is 65.2. The second-order valence-electron chi connectivity index (χ2n) is 27.8. The highest BCUT2D eigenvalue weighted by Gasteiger charge is 2.30. The molecule has 0 aromatic rings. The summed E-state index contributed by atoms with van der Waals surface area (Å²) in [6.07, 6.45) is 53.5. The standard InChI is InChI=1S/C75H142O17P2/c1-8-9-10-11-12-13-14-15-16-17-22-28-37-44-51-58-74(79)91-70(62-85-72(77)56-49-42-35-27-23-18-20-25-32-39-46-53-66(2)3)64-89-93(81,82)87-60-69(76)61-88-94(83,84)90-65-71(63-86-73(78)57-50-43-36-31-30-34-41-48-55-68(6)7)92-75(80)59-52-45-38-29-24-19-21-26-33-40-47-54-67(4)5/h13-16,66-71,76H,8-12,17-65H2,1-7H3,(H,81,82)(H,83,84)/b14-13-,16-15-/t69?,70-,71-/m1/s1. The Balaban J connectivity index is 5.30. The number of aliphatic hydroxyl groups is 1. The summed E-state index contributed by atoms with van der Waals surface area (Å²) >= 11 is 0. The summed E-state index contributed by atoms with van der Waals surface area (Å²) in [4.78, 5) is 72.8. The number of ether oxygens (including phenoxy) is 4. The minimum atomic E-state index is -4.96. The Hall–Kier alpha value is -2.46. The van der Waals surface area contributed by atoms with E-state index in [4.69, 9.17) is 37.0 Å². The number of esters is 4. The van der Waals surface area contributed by atoms with Gasteiger partial charge in [-0.3, -0.25) is 37.3 Å². The van der Waals surface area contributed by atoms with E-state index in [0.717, 1.165) is 120 Å².